The fraction of sp³-hybridized carbons (Fsp3) is 0.0714. The largest absolute Gasteiger partial charge is 0.508 e. The zero-order chi connectivity index (χ0) is 23.5. The van der Waals surface area contributed by atoms with Gasteiger partial charge in [0.2, 0.25) is 0 Å². The maximum Gasteiger partial charge on any atom is 0.279 e. The second kappa shape index (κ2) is 9.11. The number of hydrogen-bond donors (Lipinski definition) is 2. The molecule has 1 heterocycles. The Kier molecular flexibility index (Phi) is 5.70. The van der Waals surface area contributed by atoms with Crippen LogP contribution in [0, 0.1) is 0 Å². The molecule has 0 unspecified atom stereocenters. The molecular formula is C28H23N3O3. The van der Waals surface area contributed by atoms with E-state index in [0.717, 1.165) is 22.5 Å². The Bertz CT molecular complexity index is 1500. The molecule has 0 aliphatic rings. The van der Waals surface area contributed by atoms with Crippen molar-refractivity contribution in [3.63, 3.8) is 0 Å². The van der Waals surface area contributed by atoms with Crippen LogP contribution in [-0.2, 0) is 6.42 Å². The molecule has 0 fully saturated rings. The molecule has 34 heavy (non-hydrogen) atoms. The van der Waals surface area contributed by atoms with Gasteiger partial charge in [-0.3, -0.25) is 9.59 Å². The van der Waals surface area contributed by atoms with Gasteiger partial charge in [0.05, 0.1) is 22.3 Å². The molecule has 6 nitrogen and oxygen atoms in total. The van der Waals surface area contributed by atoms with Crippen LogP contribution in [0.15, 0.2) is 108 Å². The molecule has 5 aromatic rings. The zero-order valence-corrected chi connectivity index (χ0v) is 18.4. The van der Waals surface area contributed by atoms with Crippen LogP contribution in [0.3, 0.4) is 0 Å². The summed E-state index contributed by atoms with van der Waals surface area (Å²) < 4.78 is 3.51. The third-order valence-electron chi connectivity index (χ3n) is 5.75. The highest BCUT2D eigenvalue weighted by Gasteiger charge is 2.18. The second-order valence-corrected chi connectivity index (χ2v) is 8.00. The molecule has 6 heteroatoms. The van der Waals surface area contributed by atoms with Crippen LogP contribution in [-0.4, -0.2) is 26.9 Å². The summed E-state index contributed by atoms with van der Waals surface area (Å²) in [5, 5.41) is 12.8. The topological polar surface area (TPSA) is 76.3 Å². The van der Waals surface area contributed by atoms with Gasteiger partial charge in [0.1, 0.15) is 5.75 Å². The van der Waals surface area contributed by atoms with E-state index < -0.39 is 0 Å². The van der Waals surface area contributed by atoms with Gasteiger partial charge in [-0.25, -0.2) is 9.36 Å². The van der Waals surface area contributed by atoms with Gasteiger partial charge in [-0.15, -0.1) is 0 Å². The average molecular weight is 450 g/mol. The van der Waals surface area contributed by atoms with Gasteiger partial charge < -0.3 is 10.4 Å². The van der Waals surface area contributed by atoms with Crippen molar-refractivity contribution >= 4 is 16.8 Å². The standard InChI is InChI=1S/C28H23N3O3/c32-24-14-11-20(12-15-24)17-18-29-27(33)21-13-16-26-25(19-21)28(34)31(23-9-5-2-6-10-23)30(26)22-7-3-1-4-8-22/h1-16,19,32H,17-18H2,(H,29,33). The van der Waals surface area contributed by atoms with E-state index in [9.17, 15) is 14.7 Å². The summed E-state index contributed by atoms with van der Waals surface area (Å²) in [5.74, 6) is -0.0245. The van der Waals surface area contributed by atoms with E-state index in [2.05, 4.69) is 5.32 Å². The van der Waals surface area contributed by atoms with Crippen LogP contribution in [0.1, 0.15) is 15.9 Å². The van der Waals surface area contributed by atoms with Gasteiger partial charge in [0, 0.05) is 12.1 Å². The lowest BCUT2D eigenvalue weighted by Crippen LogP contribution is -2.25. The number of carbonyl (C=O) groups excluding carboxylic acids is 1. The van der Waals surface area contributed by atoms with E-state index in [1.807, 2.05) is 83.5 Å². The first-order chi connectivity index (χ1) is 16.6. The van der Waals surface area contributed by atoms with Crippen LogP contribution < -0.4 is 10.9 Å². The van der Waals surface area contributed by atoms with Crippen molar-refractivity contribution in [1.29, 1.82) is 0 Å². The lowest BCUT2D eigenvalue weighted by Gasteiger charge is -2.13. The molecule has 0 bridgehead atoms. The van der Waals surface area contributed by atoms with Crippen molar-refractivity contribution in [3.8, 4) is 17.1 Å². The first kappa shape index (κ1) is 21.3. The fourth-order valence-corrected chi connectivity index (χ4v) is 4.06. The van der Waals surface area contributed by atoms with Crippen LogP contribution in [0.25, 0.3) is 22.3 Å². The molecule has 1 amide bonds. The van der Waals surface area contributed by atoms with Gasteiger partial charge in [-0.05, 0) is 66.6 Å². The first-order valence-corrected chi connectivity index (χ1v) is 11.1. The minimum absolute atomic E-state index is 0.191. The Hall–Kier alpha value is -4.58. The summed E-state index contributed by atoms with van der Waals surface area (Å²) in [5.41, 5.74) is 3.57. The monoisotopic (exact) mass is 449 g/mol. The predicted octanol–water partition coefficient (Wildman–Crippen LogP) is 4.46. The zero-order valence-electron chi connectivity index (χ0n) is 18.4. The highest BCUT2D eigenvalue weighted by Crippen LogP contribution is 2.21. The third-order valence-corrected chi connectivity index (χ3v) is 5.75. The van der Waals surface area contributed by atoms with E-state index in [-0.39, 0.29) is 17.2 Å². The summed E-state index contributed by atoms with van der Waals surface area (Å²) in [6.07, 6.45) is 0.638. The van der Waals surface area contributed by atoms with E-state index in [1.54, 1.807) is 28.9 Å². The SMILES string of the molecule is O=C(NCCc1ccc(O)cc1)c1ccc2c(c1)c(=O)n(-c1ccccc1)n2-c1ccccc1. The first-order valence-electron chi connectivity index (χ1n) is 11.1. The quantitative estimate of drug-likeness (QED) is 0.402. The van der Waals surface area contributed by atoms with Crippen molar-refractivity contribution in [2.45, 2.75) is 6.42 Å². The molecule has 2 N–H and O–H groups in total. The highest BCUT2D eigenvalue weighted by atomic mass is 16.3. The normalized spacial score (nSPS) is 10.9. The van der Waals surface area contributed by atoms with Gasteiger partial charge in [0.15, 0.2) is 0 Å². The molecule has 4 aromatic carbocycles. The number of amides is 1. The predicted molar refractivity (Wildman–Crippen MR) is 133 cm³/mol. The number of nitrogens with zero attached hydrogens (tertiary/aromatic N) is 2. The molecule has 5 rings (SSSR count). The molecule has 0 atom stereocenters. The number of rotatable bonds is 6. The molecule has 168 valence electrons. The van der Waals surface area contributed by atoms with Crippen LogP contribution >= 0.6 is 0 Å². The number of hydrogen-bond acceptors (Lipinski definition) is 3. The fourth-order valence-electron chi connectivity index (χ4n) is 4.06. The van der Waals surface area contributed by atoms with Crippen molar-refractivity contribution in [2.75, 3.05) is 6.54 Å². The van der Waals surface area contributed by atoms with E-state index in [1.165, 1.54) is 0 Å². The maximum absolute atomic E-state index is 13.5. The second-order valence-electron chi connectivity index (χ2n) is 8.00. The number of nitrogens with one attached hydrogen (secondary N) is 1. The lowest BCUT2D eigenvalue weighted by molar-refractivity contribution is 0.0954. The number of benzene rings is 4. The van der Waals surface area contributed by atoms with E-state index in [0.29, 0.717) is 23.9 Å². The van der Waals surface area contributed by atoms with Crippen LogP contribution in [0.2, 0.25) is 0 Å². The van der Waals surface area contributed by atoms with Crippen LogP contribution in [0.4, 0.5) is 0 Å². The highest BCUT2D eigenvalue weighted by molar-refractivity contribution is 5.98. The number of phenolic OH excluding ortho intramolecular Hbond substituents is 1. The molecule has 0 aliphatic heterocycles. The van der Waals surface area contributed by atoms with Crippen molar-refractivity contribution in [2.24, 2.45) is 0 Å². The third kappa shape index (κ3) is 4.09. The Balaban J connectivity index is 1.49. The number of aromatic nitrogens is 2. The number of aromatic hydroxyl groups is 1. The van der Waals surface area contributed by atoms with E-state index >= 15 is 0 Å². The molecule has 0 saturated carbocycles. The summed E-state index contributed by atoms with van der Waals surface area (Å²) >= 11 is 0. The molecule has 0 saturated heterocycles. The van der Waals surface area contributed by atoms with Gasteiger partial charge >= 0.3 is 0 Å². The number of fused-ring (bicyclic) bond motifs is 1. The Labute approximate surface area is 196 Å². The van der Waals surface area contributed by atoms with E-state index in [4.69, 9.17) is 0 Å². The lowest BCUT2D eigenvalue weighted by atomic mass is 10.1. The smallest absolute Gasteiger partial charge is 0.279 e. The van der Waals surface area contributed by atoms with Crippen molar-refractivity contribution < 1.29 is 9.90 Å². The average Bonchev–Trinajstić information content (AvgIpc) is 3.18. The molecule has 1 aromatic heterocycles. The summed E-state index contributed by atoms with van der Waals surface area (Å²) in [7, 11) is 0. The molecule has 0 aliphatic carbocycles. The van der Waals surface area contributed by atoms with Crippen molar-refractivity contribution in [1.82, 2.24) is 14.7 Å². The molecular weight excluding hydrogens is 426 g/mol. The Morgan fingerprint density at radius 3 is 2.03 bits per heavy atom. The van der Waals surface area contributed by atoms with Crippen LogP contribution in [0.5, 0.6) is 5.75 Å². The summed E-state index contributed by atoms with van der Waals surface area (Å²) in [6, 6.07) is 31.3. The number of carbonyl (C=O) groups is 1. The number of phenols is 1. The Morgan fingerprint density at radius 2 is 1.38 bits per heavy atom. The van der Waals surface area contributed by atoms with Gasteiger partial charge in [-0.1, -0.05) is 48.5 Å². The van der Waals surface area contributed by atoms with Gasteiger partial charge in [0.25, 0.3) is 11.5 Å². The summed E-state index contributed by atoms with van der Waals surface area (Å²) in [4.78, 5) is 26.3. The molecule has 0 spiro atoms. The minimum atomic E-state index is -0.237. The Morgan fingerprint density at radius 1 is 0.765 bits per heavy atom. The molecule has 0 radical (unpaired) electrons. The number of para-hydroxylation sites is 2. The van der Waals surface area contributed by atoms with Gasteiger partial charge in [-0.2, -0.15) is 0 Å². The minimum Gasteiger partial charge on any atom is -0.508 e. The summed E-state index contributed by atoms with van der Waals surface area (Å²) in [6.45, 7) is 0.445. The maximum atomic E-state index is 13.5. The van der Waals surface area contributed by atoms with Crippen molar-refractivity contribution in [3.05, 3.63) is 125 Å².